The number of hydrogen-bond acceptors (Lipinski definition) is 5. The fourth-order valence-electron chi connectivity index (χ4n) is 2.73. The van der Waals surface area contributed by atoms with E-state index in [1.807, 2.05) is 13.8 Å². The van der Waals surface area contributed by atoms with E-state index in [4.69, 9.17) is 23.0 Å². The molecule has 1 aliphatic rings. The van der Waals surface area contributed by atoms with Gasteiger partial charge >= 0.3 is 6.18 Å². The molecule has 1 aliphatic heterocycles. The Balaban J connectivity index is 0.00000142. The lowest BCUT2D eigenvalue weighted by atomic mass is 9.99. The first-order valence-electron chi connectivity index (χ1n) is 10.3. The topological polar surface area (TPSA) is 71.3 Å². The molecule has 7 nitrogen and oxygen atoms in total. The molecule has 0 spiro atoms. The highest BCUT2D eigenvalue weighted by Crippen LogP contribution is 2.41. The molecule has 1 saturated heterocycles. The molecule has 0 N–H and O–H groups in total. The Hall–Kier alpha value is -2.67. The Labute approximate surface area is 210 Å². The smallest absolute Gasteiger partial charge is 0.317 e. The monoisotopic (exact) mass is 531 g/mol. The van der Waals surface area contributed by atoms with Gasteiger partial charge in [-0.1, -0.05) is 26.8 Å². The van der Waals surface area contributed by atoms with Gasteiger partial charge in [-0.3, -0.25) is 13.9 Å². The molecule has 0 saturated carbocycles. The summed E-state index contributed by atoms with van der Waals surface area (Å²) in [5.74, 6) is 3.91. The van der Waals surface area contributed by atoms with E-state index in [9.17, 15) is 26.4 Å². The van der Waals surface area contributed by atoms with Crippen LogP contribution in [0.1, 0.15) is 54.0 Å². The molecule has 0 atom stereocenters. The van der Waals surface area contributed by atoms with Gasteiger partial charge in [0.1, 0.15) is 11.4 Å². The van der Waals surface area contributed by atoms with Crippen molar-refractivity contribution in [2.45, 2.75) is 60.2 Å². The van der Waals surface area contributed by atoms with Gasteiger partial charge in [-0.15, -0.1) is 11.8 Å². The average molecular weight is 532 g/mol. The highest BCUT2D eigenvalue weighted by molar-refractivity contribution is 7.86. The third-order valence-electron chi connectivity index (χ3n) is 4.70. The summed E-state index contributed by atoms with van der Waals surface area (Å²) in [6, 6.07) is 2.76. The van der Waals surface area contributed by atoms with Crippen LogP contribution in [-0.4, -0.2) is 42.4 Å². The second-order valence-electron chi connectivity index (χ2n) is 9.23. The van der Waals surface area contributed by atoms with Crippen LogP contribution < -0.4 is 4.90 Å². The van der Waals surface area contributed by atoms with Gasteiger partial charge in [0, 0.05) is 5.69 Å². The van der Waals surface area contributed by atoms with E-state index in [-0.39, 0.29) is 17.4 Å². The van der Waals surface area contributed by atoms with Crippen molar-refractivity contribution in [3.63, 3.8) is 0 Å². The minimum atomic E-state index is -4.82. The molecule has 35 heavy (non-hydrogen) atoms. The quantitative estimate of drug-likeness (QED) is 0.221. The van der Waals surface area contributed by atoms with Gasteiger partial charge in [0.15, 0.2) is 10.8 Å². The highest BCUT2D eigenvalue weighted by atomic mass is 32.2. The number of carbonyl (C=O) groups is 1. The number of amides is 1. The molecule has 12 heteroatoms. The van der Waals surface area contributed by atoms with Crippen LogP contribution in [0.5, 0.6) is 0 Å². The lowest BCUT2D eigenvalue weighted by Crippen LogP contribution is -2.47. The molecule has 192 valence electrons. The molecule has 2 rings (SSSR count). The standard InChI is InChI=1S/C19H22F3N3O4S2.C4H6/c1-17(2,3)10-29-31(27,28)11-24-16(30)25(15(26)18(24,4)5)12-7-8-14(23-6)13(9-12)19(20,21)22;1-3-4-2/h7-9H,10-11H2,1-5H3;1-2H3. The van der Waals surface area contributed by atoms with E-state index >= 15 is 0 Å². The molecule has 1 fully saturated rings. The lowest BCUT2D eigenvalue weighted by molar-refractivity contribution is -0.136. The Kier molecular flexibility index (Phi) is 9.49. The molecule has 0 radical (unpaired) electrons. The van der Waals surface area contributed by atoms with E-state index < -0.39 is 50.3 Å². The van der Waals surface area contributed by atoms with Gasteiger partial charge in [-0.05, 0) is 57.5 Å². The van der Waals surface area contributed by atoms with Crippen LogP contribution in [0.4, 0.5) is 24.5 Å². The fourth-order valence-corrected chi connectivity index (χ4v) is 4.66. The van der Waals surface area contributed by atoms with Crippen molar-refractivity contribution < 1.29 is 30.6 Å². The number of anilines is 1. The largest absolute Gasteiger partial charge is 0.407 e. The zero-order valence-corrected chi connectivity index (χ0v) is 22.2. The number of nitrogens with zero attached hydrogens (tertiary/aromatic N) is 3. The molecule has 1 heterocycles. The summed E-state index contributed by atoms with van der Waals surface area (Å²) in [4.78, 5) is 17.8. The number of carbonyl (C=O) groups excluding carboxylic acids is 1. The predicted molar refractivity (Wildman–Crippen MR) is 132 cm³/mol. The number of benzene rings is 1. The van der Waals surface area contributed by atoms with E-state index in [0.717, 1.165) is 21.9 Å². The van der Waals surface area contributed by atoms with Crippen LogP contribution in [0.25, 0.3) is 4.85 Å². The number of rotatable bonds is 5. The number of alkyl halides is 3. The lowest BCUT2D eigenvalue weighted by Gasteiger charge is -2.29. The van der Waals surface area contributed by atoms with Crippen molar-refractivity contribution in [1.29, 1.82) is 0 Å². The summed E-state index contributed by atoms with van der Waals surface area (Å²) < 4.78 is 70.0. The minimum Gasteiger partial charge on any atom is -0.317 e. The van der Waals surface area contributed by atoms with Gasteiger partial charge in [-0.2, -0.15) is 21.6 Å². The summed E-state index contributed by atoms with van der Waals surface area (Å²) in [5.41, 5.74) is -3.94. The number of halogens is 3. The Morgan fingerprint density at radius 3 is 2.14 bits per heavy atom. The first kappa shape index (κ1) is 30.4. The van der Waals surface area contributed by atoms with Crippen molar-refractivity contribution in [3.05, 3.63) is 35.2 Å². The second-order valence-corrected chi connectivity index (χ2v) is 11.2. The van der Waals surface area contributed by atoms with Crippen LogP contribution in [-0.2, 0) is 25.3 Å². The van der Waals surface area contributed by atoms with Crippen LogP contribution in [0.2, 0.25) is 0 Å². The summed E-state index contributed by atoms with van der Waals surface area (Å²) in [7, 11) is -4.13. The van der Waals surface area contributed by atoms with Gasteiger partial charge in [0.05, 0.1) is 18.7 Å². The van der Waals surface area contributed by atoms with Crippen LogP contribution in [0.3, 0.4) is 0 Å². The maximum absolute atomic E-state index is 13.3. The molecule has 1 amide bonds. The van der Waals surface area contributed by atoms with Gasteiger partial charge in [-0.25, -0.2) is 4.85 Å². The third kappa shape index (κ3) is 7.66. The van der Waals surface area contributed by atoms with E-state index in [0.29, 0.717) is 6.07 Å². The predicted octanol–water partition coefficient (Wildman–Crippen LogP) is 5.35. The highest BCUT2D eigenvalue weighted by Gasteiger charge is 2.51. The summed E-state index contributed by atoms with van der Waals surface area (Å²) in [6.07, 6.45) is -4.82. The van der Waals surface area contributed by atoms with E-state index in [1.54, 1.807) is 20.8 Å². The van der Waals surface area contributed by atoms with Crippen LogP contribution in [0.15, 0.2) is 18.2 Å². The fraction of sp³-hybridized carbons (Fsp3) is 0.522. The van der Waals surface area contributed by atoms with E-state index in [2.05, 4.69) is 16.7 Å². The number of hydrogen-bond donors (Lipinski definition) is 0. The third-order valence-corrected chi connectivity index (χ3v) is 6.15. The summed E-state index contributed by atoms with van der Waals surface area (Å²) in [6.45, 7) is 18.6. The molecule has 1 aromatic rings. The minimum absolute atomic E-state index is 0.0962. The second kappa shape index (κ2) is 10.9. The maximum Gasteiger partial charge on any atom is 0.407 e. The van der Waals surface area contributed by atoms with E-state index in [1.165, 1.54) is 13.8 Å². The first-order valence-corrected chi connectivity index (χ1v) is 12.3. The van der Waals surface area contributed by atoms with Crippen molar-refractivity contribution in [2.75, 3.05) is 17.4 Å². The molecule has 0 unspecified atom stereocenters. The molecule has 0 aliphatic carbocycles. The van der Waals surface area contributed by atoms with Crippen molar-refractivity contribution in [3.8, 4) is 11.8 Å². The molecule has 0 bridgehead atoms. The molecule has 0 aromatic heterocycles. The van der Waals surface area contributed by atoms with Crippen LogP contribution in [0, 0.1) is 23.8 Å². The molecular formula is C23H28F3N3O4S2. The van der Waals surface area contributed by atoms with Crippen LogP contribution >= 0.6 is 12.2 Å². The Bertz CT molecular complexity index is 1180. The first-order chi connectivity index (χ1) is 15.8. The molecule has 1 aromatic carbocycles. The van der Waals surface area contributed by atoms with Gasteiger partial charge < -0.3 is 4.90 Å². The maximum atomic E-state index is 13.3. The zero-order chi connectivity index (χ0) is 27.4. The van der Waals surface area contributed by atoms with Crippen molar-refractivity contribution >= 4 is 44.7 Å². The van der Waals surface area contributed by atoms with Crippen molar-refractivity contribution in [1.82, 2.24) is 4.90 Å². The zero-order valence-electron chi connectivity index (χ0n) is 20.6. The van der Waals surface area contributed by atoms with Crippen molar-refractivity contribution in [2.24, 2.45) is 5.41 Å². The molecular weight excluding hydrogens is 503 g/mol. The van der Waals surface area contributed by atoms with Gasteiger partial charge in [0.25, 0.3) is 16.0 Å². The van der Waals surface area contributed by atoms with Gasteiger partial charge in [0.2, 0.25) is 0 Å². The summed E-state index contributed by atoms with van der Waals surface area (Å²) in [5, 5.41) is -0.276. The Morgan fingerprint density at radius 2 is 1.71 bits per heavy atom. The SMILES string of the molecule is CC#CC.[C-]#[N+]c1ccc(N2C(=O)C(C)(C)N(CS(=O)(=O)OCC(C)(C)C)C2=S)cc1C(F)(F)F. The summed E-state index contributed by atoms with van der Waals surface area (Å²) >= 11 is 5.26. The normalized spacial score (nSPS) is 15.7. The number of thiocarbonyl (C=S) groups is 1. The average Bonchev–Trinajstić information content (AvgIpc) is 2.90. The Morgan fingerprint density at radius 1 is 1.17 bits per heavy atom.